The van der Waals surface area contributed by atoms with Gasteiger partial charge in [-0.3, -0.25) is 9.48 Å². The van der Waals surface area contributed by atoms with Crippen LogP contribution in [-0.2, 0) is 11.3 Å². The minimum absolute atomic E-state index is 0.283. The molecule has 5 heteroatoms. The predicted octanol–water partition coefficient (Wildman–Crippen LogP) is 1.27. The van der Waals surface area contributed by atoms with Gasteiger partial charge in [-0.1, -0.05) is 0 Å². The zero-order valence-electron chi connectivity index (χ0n) is 12.1. The van der Waals surface area contributed by atoms with Gasteiger partial charge in [0.05, 0.1) is 0 Å². The molecule has 1 spiro atoms. The molecular weight excluding hydrogens is 252 g/mol. The van der Waals surface area contributed by atoms with Crippen molar-refractivity contribution in [3.05, 3.63) is 18.5 Å². The quantitative estimate of drug-likeness (QED) is 0.904. The molecule has 20 heavy (non-hydrogen) atoms. The molecule has 1 N–H and O–H groups in total. The molecule has 2 aliphatic rings. The summed E-state index contributed by atoms with van der Waals surface area (Å²) in [5.41, 5.74) is 0.345. The van der Waals surface area contributed by atoms with Crippen LogP contribution >= 0.6 is 0 Å². The van der Waals surface area contributed by atoms with E-state index in [1.165, 1.54) is 19.3 Å². The molecule has 5 nitrogen and oxygen atoms in total. The average molecular weight is 276 g/mol. The molecule has 2 fully saturated rings. The van der Waals surface area contributed by atoms with Gasteiger partial charge in [0, 0.05) is 50.4 Å². The maximum atomic E-state index is 12.4. The number of aromatic nitrogens is 2. The van der Waals surface area contributed by atoms with Gasteiger partial charge >= 0.3 is 0 Å². The van der Waals surface area contributed by atoms with Gasteiger partial charge in [-0.05, 0) is 38.3 Å². The van der Waals surface area contributed by atoms with Gasteiger partial charge in [-0.2, -0.15) is 5.10 Å². The predicted molar refractivity (Wildman–Crippen MR) is 77.2 cm³/mol. The lowest BCUT2D eigenvalue weighted by atomic mass is 9.74. The fraction of sp³-hybridized carbons (Fsp3) is 0.733. The Bertz CT molecular complexity index is 431. The lowest BCUT2D eigenvalue weighted by Crippen LogP contribution is -2.52. The van der Waals surface area contributed by atoms with Crippen LogP contribution in [0.15, 0.2) is 18.5 Å². The average Bonchev–Trinajstić information content (AvgIpc) is 2.99. The molecule has 1 amide bonds. The molecule has 1 atom stereocenters. The maximum absolute atomic E-state index is 12.4. The van der Waals surface area contributed by atoms with Crippen LogP contribution in [0.1, 0.15) is 32.1 Å². The second-order valence-electron chi connectivity index (χ2n) is 6.22. The zero-order chi connectivity index (χ0) is 13.8. The molecule has 0 bridgehead atoms. The summed E-state index contributed by atoms with van der Waals surface area (Å²) in [4.78, 5) is 14.5. The van der Waals surface area contributed by atoms with E-state index in [1.807, 2.05) is 16.9 Å². The Morgan fingerprint density at radius 2 is 2.25 bits per heavy atom. The molecule has 2 saturated heterocycles. The van der Waals surface area contributed by atoms with Crippen molar-refractivity contribution in [3.8, 4) is 0 Å². The van der Waals surface area contributed by atoms with Crippen molar-refractivity contribution in [2.24, 2.45) is 5.41 Å². The van der Waals surface area contributed by atoms with Crippen molar-refractivity contribution in [1.82, 2.24) is 20.0 Å². The van der Waals surface area contributed by atoms with E-state index in [4.69, 9.17) is 0 Å². The second kappa shape index (κ2) is 5.95. The Morgan fingerprint density at radius 1 is 1.35 bits per heavy atom. The molecule has 2 aliphatic heterocycles. The summed E-state index contributed by atoms with van der Waals surface area (Å²) in [6, 6.07) is 1.90. The van der Waals surface area contributed by atoms with Gasteiger partial charge in [0.15, 0.2) is 0 Å². The van der Waals surface area contributed by atoms with Crippen molar-refractivity contribution in [2.45, 2.75) is 38.6 Å². The number of carbonyl (C=O) groups excluding carboxylic acids is 1. The summed E-state index contributed by atoms with van der Waals surface area (Å²) in [6.45, 7) is 4.77. The molecule has 3 heterocycles. The van der Waals surface area contributed by atoms with Crippen LogP contribution in [0.4, 0.5) is 0 Å². The highest BCUT2D eigenvalue weighted by Gasteiger charge is 2.37. The van der Waals surface area contributed by atoms with Crippen molar-refractivity contribution in [2.75, 3.05) is 26.2 Å². The first-order chi connectivity index (χ1) is 9.77. The summed E-state index contributed by atoms with van der Waals surface area (Å²) in [7, 11) is 0. The summed E-state index contributed by atoms with van der Waals surface area (Å²) in [5, 5.41) is 7.66. The van der Waals surface area contributed by atoms with Crippen LogP contribution in [0.2, 0.25) is 0 Å². The summed E-state index contributed by atoms with van der Waals surface area (Å²) in [6.07, 6.45) is 9.16. The fourth-order valence-corrected chi connectivity index (χ4v) is 3.60. The van der Waals surface area contributed by atoms with E-state index in [2.05, 4.69) is 15.3 Å². The third-order valence-electron chi connectivity index (χ3n) is 4.69. The van der Waals surface area contributed by atoms with E-state index in [0.717, 1.165) is 32.6 Å². The van der Waals surface area contributed by atoms with Gasteiger partial charge in [-0.25, -0.2) is 0 Å². The summed E-state index contributed by atoms with van der Waals surface area (Å²) in [5.74, 6) is 0.283. The monoisotopic (exact) mass is 276 g/mol. The van der Waals surface area contributed by atoms with Crippen LogP contribution in [0.3, 0.4) is 0 Å². The summed E-state index contributed by atoms with van der Waals surface area (Å²) >= 11 is 0. The number of nitrogens with one attached hydrogen (secondary N) is 1. The topological polar surface area (TPSA) is 50.2 Å². The van der Waals surface area contributed by atoms with Crippen LogP contribution in [0.5, 0.6) is 0 Å². The Morgan fingerprint density at radius 3 is 3.00 bits per heavy atom. The molecule has 0 saturated carbocycles. The highest BCUT2D eigenvalue weighted by molar-refractivity contribution is 5.76. The molecular formula is C15H24N4O. The van der Waals surface area contributed by atoms with Crippen molar-refractivity contribution < 1.29 is 4.79 Å². The van der Waals surface area contributed by atoms with E-state index in [0.29, 0.717) is 18.4 Å². The first-order valence-electron chi connectivity index (χ1n) is 7.73. The third kappa shape index (κ3) is 3.03. The number of nitrogens with zero attached hydrogens (tertiary/aromatic N) is 3. The number of carbonyl (C=O) groups is 1. The Hall–Kier alpha value is -1.36. The Kier molecular flexibility index (Phi) is 4.05. The van der Waals surface area contributed by atoms with Gasteiger partial charge < -0.3 is 10.2 Å². The normalized spacial score (nSPS) is 26.9. The lowest BCUT2D eigenvalue weighted by molar-refractivity contribution is -0.135. The van der Waals surface area contributed by atoms with Crippen LogP contribution in [-0.4, -0.2) is 46.8 Å². The third-order valence-corrected chi connectivity index (χ3v) is 4.69. The first-order valence-corrected chi connectivity index (χ1v) is 7.73. The lowest BCUT2D eigenvalue weighted by Gasteiger charge is -2.45. The zero-order valence-corrected chi connectivity index (χ0v) is 12.1. The Labute approximate surface area is 120 Å². The number of rotatable bonds is 3. The van der Waals surface area contributed by atoms with Crippen LogP contribution < -0.4 is 5.32 Å². The maximum Gasteiger partial charge on any atom is 0.224 e. The largest absolute Gasteiger partial charge is 0.342 e. The van der Waals surface area contributed by atoms with E-state index in [9.17, 15) is 4.79 Å². The van der Waals surface area contributed by atoms with Gasteiger partial charge in [0.25, 0.3) is 0 Å². The van der Waals surface area contributed by atoms with Gasteiger partial charge in [-0.15, -0.1) is 0 Å². The van der Waals surface area contributed by atoms with Crippen LogP contribution in [0, 0.1) is 5.41 Å². The molecule has 3 rings (SSSR count). The van der Waals surface area contributed by atoms with E-state index >= 15 is 0 Å². The summed E-state index contributed by atoms with van der Waals surface area (Å²) < 4.78 is 1.83. The van der Waals surface area contributed by atoms with Gasteiger partial charge in [0.1, 0.15) is 0 Å². The van der Waals surface area contributed by atoms with Crippen molar-refractivity contribution in [3.63, 3.8) is 0 Å². The number of piperidine rings is 2. The second-order valence-corrected chi connectivity index (χ2v) is 6.22. The minimum atomic E-state index is 0.283. The number of amides is 1. The number of hydrogen-bond acceptors (Lipinski definition) is 3. The minimum Gasteiger partial charge on any atom is -0.342 e. The number of likely N-dealkylation sites (tertiary alicyclic amines) is 1. The smallest absolute Gasteiger partial charge is 0.224 e. The molecule has 1 aromatic heterocycles. The van der Waals surface area contributed by atoms with E-state index in [-0.39, 0.29) is 5.91 Å². The Balaban J connectivity index is 1.54. The molecule has 110 valence electrons. The highest BCUT2D eigenvalue weighted by atomic mass is 16.2. The fourth-order valence-electron chi connectivity index (χ4n) is 3.60. The SMILES string of the molecule is O=C(CCn1cccn1)N1CCCC2(CCCNC2)C1. The molecule has 1 aromatic rings. The van der Waals surface area contributed by atoms with Gasteiger partial charge in [0.2, 0.25) is 5.91 Å². The highest BCUT2D eigenvalue weighted by Crippen LogP contribution is 2.36. The number of aryl methyl sites for hydroxylation is 1. The molecule has 0 aromatic carbocycles. The molecule has 0 radical (unpaired) electrons. The first kappa shape index (κ1) is 13.6. The van der Waals surface area contributed by atoms with E-state index < -0.39 is 0 Å². The number of hydrogen-bond donors (Lipinski definition) is 1. The van der Waals surface area contributed by atoms with Crippen LogP contribution in [0.25, 0.3) is 0 Å². The van der Waals surface area contributed by atoms with Crippen molar-refractivity contribution in [1.29, 1.82) is 0 Å². The molecule has 0 aliphatic carbocycles. The van der Waals surface area contributed by atoms with E-state index in [1.54, 1.807) is 6.20 Å². The molecule has 1 unspecified atom stereocenters. The van der Waals surface area contributed by atoms with Crippen molar-refractivity contribution >= 4 is 5.91 Å². The standard InChI is InChI=1S/C15H24N4O/c20-14(4-11-19-10-3-8-17-19)18-9-2-6-15(13-18)5-1-7-16-12-15/h3,8,10,16H,1-2,4-7,9,11-13H2.